The van der Waals surface area contributed by atoms with Crippen LogP contribution in [0.5, 0.6) is 0 Å². The zero-order chi connectivity index (χ0) is 26.7. The van der Waals surface area contributed by atoms with Gasteiger partial charge in [-0.2, -0.15) is 0 Å². The summed E-state index contributed by atoms with van der Waals surface area (Å²) in [6, 6.07) is 9.14. The topological polar surface area (TPSA) is 81.2 Å². The molecule has 3 saturated heterocycles. The number of carbonyl (C=O) groups excluding carboxylic acids is 3. The third-order valence-electron chi connectivity index (χ3n) is 7.99. The summed E-state index contributed by atoms with van der Waals surface area (Å²) in [5, 5.41) is 9.55. The number of aliphatic hydroxyl groups is 1. The molecule has 0 aromatic heterocycles. The first-order chi connectivity index (χ1) is 17.8. The molecule has 3 aliphatic rings. The highest BCUT2D eigenvalue weighted by Crippen LogP contribution is 2.66. The summed E-state index contributed by atoms with van der Waals surface area (Å²) < 4.78 is -0.629. The molecule has 37 heavy (non-hydrogen) atoms. The van der Waals surface area contributed by atoms with E-state index in [9.17, 15) is 19.5 Å². The largest absolute Gasteiger partial charge is 0.396 e. The maximum atomic E-state index is 14.1. The van der Waals surface area contributed by atoms with E-state index in [1.807, 2.05) is 44.2 Å². The second-order valence-electron chi connectivity index (χ2n) is 10.5. The Kier molecular flexibility index (Phi) is 8.49. The van der Waals surface area contributed by atoms with Gasteiger partial charge in [-0.15, -0.1) is 24.9 Å². The van der Waals surface area contributed by atoms with Gasteiger partial charge >= 0.3 is 0 Å². The number of nitrogens with zero attached hydrogens (tertiary/aromatic N) is 3. The van der Waals surface area contributed by atoms with Crippen molar-refractivity contribution in [2.75, 3.05) is 26.2 Å². The molecule has 1 spiro atoms. The van der Waals surface area contributed by atoms with Crippen LogP contribution in [0.1, 0.15) is 38.7 Å². The molecule has 5 atom stereocenters. The predicted molar refractivity (Wildman–Crippen MR) is 147 cm³/mol. The molecule has 3 aliphatic heterocycles. The van der Waals surface area contributed by atoms with Crippen LogP contribution in [0.3, 0.4) is 0 Å². The zero-order valence-corrected chi connectivity index (χ0v) is 22.7. The van der Waals surface area contributed by atoms with E-state index >= 15 is 0 Å². The minimum absolute atomic E-state index is 0.00624. The molecule has 2 bridgehead atoms. The van der Waals surface area contributed by atoms with Crippen molar-refractivity contribution in [1.29, 1.82) is 0 Å². The number of fused-ring (bicyclic) bond motifs is 1. The number of hydrogen-bond donors (Lipinski definition) is 1. The van der Waals surface area contributed by atoms with Crippen molar-refractivity contribution in [3.05, 3.63) is 61.2 Å². The summed E-state index contributed by atoms with van der Waals surface area (Å²) in [4.78, 5) is 47.5. The lowest BCUT2D eigenvalue weighted by Gasteiger charge is -2.38. The average Bonchev–Trinajstić information content (AvgIpc) is 3.52. The molecule has 4 rings (SSSR count). The second kappa shape index (κ2) is 11.4. The smallest absolute Gasteiger partial charge is 0.247 e. The van der Waals surface area contributed by atoms with Crippen LogP contribution in [-0.2, 0) is 20.9 Å². The zero-order valence-electron chi connectivity index (χ0n) is 21.9. The van der Waals surface area contributed by atoms with Crippen LogP contribution in [-0.4, -0.2) is 85.8 Å². The fraction of sp³-hybridized carbons (Fsp3) is 0.552. The third kappa shape index (κ3) is 4.86. The van der Waals surface area contributed by atoms with Crippen LogP contribution in [0.25, 0.3) is 0 Å². The van der Waals surface area contributed by atoms with Gasteiger partial charge in [0.2, 0.25) is 17.7 Å². The van der Waals surface area contributed by atoms with E-state index in [0.29, 0.717) is 32.6 Å². The van der Waals surface area contributed by atoms with Crippen LogP contribution >= 0.6 is 11.8 Å². The molecular formula is C29H39N3O4S. The average molecular weight is 526 g/mol. The monoisotopic (exact) mass is 525 g/mol. The fourth-order valence-corrected chi connectivity index (χ4v) is 8.66. The number of likely N-dealkylation sites (tertiary alicyclic amines) is 1. The first-order valence-corrected chi connectivity index (χ1v) is 14.1. The molecule has 3 amide bonds. The molecule has 3 fully saturated rings. The molecule has 0 aliphatic carbocycles. The van der Waals surface area contributed by atoms with E-state index in [4.69, 9.17) is 0 Å². The van der Waals surface area contributed by atoms with Gasteiger partial charge in [0.05, 0.1) is 16.6 Å². The van der Waals surface area contributed by atoms with E-state index in [-0.39, 0.29) is 35.6 Å². The molecule has 2 unspecified atom stereocenters. The number of thioether (sulfide) groups is 1. The van der Waals surface area contributed by atoms with Gasteiger partial charge in [0.25, 0.3) is 0 Å². The van der Waals surface area contributed by atoms with Crippen molar-refractivity contribution >= 4 is 29.5 Å². The highest BCUT2D eigenvalue weighted by atomic mass is 32.2. The van der Waals surface area contributed by atoms with Crippen molar-refractivity contribution in [1.82, 2.24) is 14.7 Å². The standard InChI is InChI=1S/C29H39N3O4S/c1-5-15-30(19-21-11-8-7-9-12-21)26(34)23-22-13-14-29(37-22)24(23)27(35)32(17-10-18-33)25(29)28(36)31(16-6-2)20(3)4/h5-9,11-12,20,22-25,33H,1-2,10,13-19H2,3-4H3/t22-,23+,24-,25?,29?/m0/s1. The van der Waals surface area contributed by atoms with Crippen LogP contribution in [0.15, 0.2) is 55.6 Å². The molecule has 1 N–H and O–H groups in total. The number of amides is 3. The summed E-state index contributed by atoms with van der Waals surface area (Å²) >= 11 is 1.68. The van der Waals surface area contributed by atoms with Gasteiger partial charge in [0, 0.05) is 44.1 Å². The van der Waals surface area contributed by atoms with Crippen LogP contribution in [0, 0.1) is 11.8 Å². The number of aliphatic hydroxyl groups excluding tert-OH is 1. The van der Waals surface area contributed by atoms with E-state index in [2.05, 4.69) is 13.2 Å². The van der Waals surface area contributed by atoms with Crippen molar-refractivity contribution in [3.63, 3.8) is 0 Å². The number of rotatable bonds is 12. The minimum Gasteiger partial charge on any atom is -0.396 e. The van der Waals surface area contributed by atoms with Crippen LogP contribution < -0.4 is 0 Å². The highest BCUT2D eigenvalue weighted by molar-refractivity contribution is 8.02. The maximum Gasteiger partial charge on any atom is 0.247 e. The first kappa shape index (κ1) is 27.5. The van der Waals surface area contributed by atoms with Crippen molar-refractivity contribution in [2.45, 2.75) is 61.7 Å². The predicted octanol–water partition coefficient (Wildman–Crippen LogP) is 3.10. The van der Waals surface area contributed by atoms with Crippen molar-refractivity contribution < 1.29 is 19.5 Å². The highest BCUT2D eigenvalue weighted by Gasteiger charge is 2.74. The Labute approximate surface area is 224 Å². The fourth-order valence-electron chi connectivity index (χ4n) is 6.45. The number of hydrogen-bond acceptors (Lipinski definition) is 5. The van der Waals surface area contributed by atoms with E-state index in [0.717, 1.165) is 18.4 Å². The van der Waals surface area contributed by atoms with Gasteiger partial charge in [-0.05, 0) is 38.7 Å². The Balaban J connectivity index is 1.69. The van der Waals surface area contributed by atoms with Gasteiger partial charge in [-0.1, -0.05) is 42.5 Å². The Morgan fingerprint density at radius 3 is 2.51 bits per heavy atom. The molecule has 7 nitrogen and oxygen atoms in total. The lowest BCUT2D eigenvalue weighted by Crippen LogP contribution is -2.56. The van der Waals surface area contributed by atoms with Crippen molar-refractivity contribution in [3.8, 4) is 0 Å². The molecule has 0 radical (unpaired) electrons. The Bertz CT molecular complexity index is 1030. The van der Waals surface area contributed by atoms with Gasteiger partial charge < -0.3 is 19.8 Å². The maximum absolute atomic E-state index is 14.1. The second-order valence-corrected chi connectivity index (χ2v) is 12.1. The van der Waals surface area contributed by atoms with E-state index < -0.39 is 22.6 Å². The number of carbonyl (C=O) groups is 3. The molecule has 8 heteroatoms. The Hall–Kier alpha value is -2.58. The van der Waals surface area contributed by atoms with E-state index in [1.165, 1.54) is 0 Å². The molecule has 3 heterocycles. The lowest BCUT2D eigenvalue weighted by molar-refractivity contribution is -0.145. The van der Waals surface area contributed by atoms with E-state index in [1.54, 1.807) is 38.6 Å². The number of benzene rings is 1. The van der Waals surface area contributed by atoms with Gasteiger partial charge in [0.1, 0.15) is 6.04 Å². The summed E-state index contributed by atoms with van der Waals surface area (Å²) in [6.07, 6.45) is 5.37. The summed E-state index contributed by atoms with van der Waals surface area (Å²) in [5.74, 6) is -1.27. The molecule has 1 aromatic rings. The van der Waals surface area contributed by atoms with Gasteiger partial charge in [-0.3, -0.25) is 14.4 Å². The molecule has 0 saturated carbocycles. The minimum atomic E-state index is -0.645. The third-order valence-corrected chi connectivity index (χ3v) is 9.94. The lowest BCUT2D eigenvalue weighted by atomic mass is 9.70. The van der Waals surface area contributed by atoms with Crippen molar-refractivity contribution in [2.24, 2.45) is 11.8 Å². The normalized spacial score (nSPS) is 27.9. The van der Waals surface area contributed by atoms with Gasteiger partial charge in [0.15, 0.2) is 0 Å². The molecule has 200 valence electrons. The summed E-state index contributed by atoms with van der Waals surface area (Å²) in [6.45, 7) is 13.1. The summed E-state index contributed by atoms with van der Waals surface area (Å²) in [7, 11) is 0. The Morgan fingerprint density at radius 2 is 1.89 bits per heavy atom. The SMILES string of the molecule is C=CCN(Cc1ccccc1)C(=O)[C@@H]1[C@@H]2CCC3(S2)C(C(=O)N(CC=C)C(C)C)N(CCCO)C(=O)[C@H]13. The quantitative estimate of drug-likeness (QED) is 0.424. The summed E-state index contributed by atoms with van der Waals surface area (Å²) in [5.41, 5.74) is 1.02. The van der Waals surface area contributed by atoms with Gasteiger partial charge in [-0.25, -0.2) is 0 Å². The molecular weight excluding hydrogens is 486 g/mol. The van der Waals surface area contributed by atoms with Crippen LogP contribution in [0.2, 0.25) is 0 Å². The Morgan fingerprint density at radius 1 is 1.19 bits per heavy atom. The first-order valence-electron chi connectivity index (χ1n) is 13.2. The molecule has 1 aromatic carbocycles. The van der Waals surface area contributed by atoms with Crippen LogP contribution in [0.4, 0.5) is 0 Å².